The highest BCUT2D eigenvalue weighted by atomic mass is 16.5. The van der Waals surface area contributed by atoms with Crippen LogP contribution in [0, 0.1) is 6.92 Å². The third kappa shape index (κ3) is 3.01. The van der Waals surface area contributed by atoms with E-state index in [1.54, 1.807) is 24.4 Å². The number of pyridine rings is 1. The Hall–Kier alpha value is -2.56. The number of hydrogen-bond donors (Lipinski definition) is 2. The van der Waals surface area contributed by atoms with E-state index < -0.39 is 5.91 Å². The summed E-state index contributed by atoms with van der Waals surface area (Å²) in [7, 11) is 0. The van der Waals surface area contributed by atoms with Gasteiger partial charge in [0.2, 0.25) is 0 Å². The van der Waals surface area contributed by atoms with E-state index in [0.717, 1.165) is 11.3 Å². The van der Waals surface area contributed by atoms with E-state index in [1.165, 1.54) is 0 Å². The molecule has 0 aliphatic heterocycles. The average Bonchev–Trinajstić information content (AvgIpc) is 2.37. The minimum Gasteiger partial charge on any atom is -0.486 e. The molecular weight excluding hydrogens is 242 g/mol. The quantitative estimate of drug-likeness (QED) is 0.815. The highest BCUT2D eigenvalue weighted by Gasteiger charge is 2.10. The smallest absolute Gasteiger partial charge is 0.252 e. The normalized spacial score (nSPS) is 10.2. The van der Waals surface area contributed by atoms with Gasteiger partial charge in [-0.3, -0.25) is 9.78 Å². The second kappa shape index (κ2) is 5.39. The van der Waals surface area contributed by atoms with Gasteiger partial charge in [-0.05, 0) is 30.7 Å². The number of carbonyl (C=O) groups is 1. The molecule has 0 aliphatic carbocycles. The third-order valence-corrected chi connectivity index (χ3v) is 2.75. The molecule has 19 heavy (non-hydrogen) atoms. The number of nitrogens with zero attached hydrogens (tertiary/aromatic N) is 1. The van der Waals surface area contributed by atoms with Crippen molar-refractivity contribution < 1.29 is 9.53 Å². The number of aromatic nitrogens is 1. The fourth-order valence-corrected chi connectivity index (χ4v) is 1.68. The van der Waals surface area contributed by atoms with Gasteiger partial charge >= 0.3 is 0 Å². The molecule has 1 heterocycles. The van der Waals surface area contributed by atoms with Crippen LogP contribution in [-0.2, 0) is 6.61 Å². The molecule has 0 aliphatic rings. The van der Waals surface area contributed by atoms with Gasteiger partial charge in [-0.2, -0.15) is 0 Å². The van der Waals surface area contributed by atoms with Crippen molar-refractivity contribution in [2.75, 3.05) is 5.73 Å². The maximum atomic E-state index is 11.3. The number of rotatable bonds is 4. The monoisotopic (exact) mass is 257 g/mol. The minimum absolute atomic E-state index is 0.260. The van der Waals surface area contributed by atoms with Crippen LogP contribution in [0.15, 0.2) is 36.5 Å². The Balaban J connectivity index is 2.22. The Bertz CT molecular complexity index is 611. The Morgan fingerprint density at radius 3 is 2.84 bits per heavy atom. The molecule has 0 saturated carbocycles. The van der Waals surface area contributed by atoms with Gasteiger partial charge in [0.05, 0.1) is 11.3 Å². The first-order chi connectivity index (χ1) is 9.08. The van der Waals surface area contributed by atoms with Crippen LogP contribution in [0.5, 0.6) is 5.75 Å². The third-order valence-electron chi connectivity index (χ3n) is 2.75. The van der Waals surface area contributed by atoms with Crippen molar-refractivity contribution >= 4 is 11.6 Å². The highest BCUT2D eigenvalue weighted by molar-refractivity contribution is 5.96. The number of benzene rings is 1. The molecule has 4 N–H and O–H groups in total. The Kier molecular flexibility index (Phi) is 3.66. The molecule has 1 aromatic carbocycles. The first-order valence-electron chi connectivity index (χ1n) is 5.80. The zero-order chi connectivity index (χ0) is 13.8. The van der Waals surface area contributed by atoms with Crippen LogP contribution in [0.2, 0.25) is 0 Å². The summed E-state index contributed by atoms with van der Waals surface area (Å²) in [5.74, 6) is -0.176. The Morgan fingerprint density at radius 1 is 1.37 bits per heavy atom. The van der Waals surface area contributed by atoms with Gasteiger partial charge in [0.15, 0.2) is 0 Å². The largest absolute Gasteiger partial charge is 0.486 e. The molecule has 0 spiro atoms. The minimum atomic E-state index is -0.548. The fraction of sp³-hybridized carbons (Fsp3) is 0.143. The molecule has 0 fully saturated rings. The van der Waals surface area contributed by atoms with Crippen LogP contribution >= 0.6 is 0 Å². The molecular formula is C14H15N3O2. The topological polar surface area (TPSA) is 91.2 Å². The Morgan fingerprint density at radius 2 is 2.16 bits per heavy atom. The van der Waals surface area contributed by atoms with E-state index >= 15 is 0 Å². The van der Waals surface area contributed by atoms with Crippen LogP contribution in [0.1, 0.15) is 21.6 Å². The number of primary amides is 1. The van der Waals surface area contributed by atoms with Crippen LogP contribution in [-0.4, -0.2) is 10.9 Å². The molecule has 1 aromatic heterocycles. The highest BCUT2D eigenvalue weighted by Crippen LogP contribution is 2.22. The zero-order valence-electron chi connectivity index (χ0n) is 10.6. The molecule has 0 unspecified atom stereocenters. The van der Waals surface area contributed by atoms with E-state index in [9.17, 15) is 4.79 Å². The van der Waals surface area contributed by atoms with Gasteiger partial charge in [0, 0.05) is 18.0 Å². The number of nitrogen functional groups attached to an aromatic ring is 1. The molecule has 0 atom stereocenters. The fourth-order valence-electron chi connectivity index (χ4n) is 1.68. The summed E-state index contributed by atoms with van der Waals surface area (Å²) < 4.78 is 5.60. The Labute approximate surface area is 111 Å². The van der Waals surface area contributed by atoms with Crippen LogP contribution < -0.4 is 16.2 Å². The van der Waals surface area contributed by atoms with Crippen molar-refractivity contribution in [1.29, 1.82) is 0 Å². The van der Waals surface area contributed by atoms with Gasteiger partial charge in [0.25, 0.3) is 5.91 Å². The lowest BCUT2D eigenvalue weighted by Gasteiger charge is -2.11. The van der Waals surface area contributed by atoms with Crippen molar-refractivity contribution in [2.45, 2.75) is 13.5 Å². The summed E-state index contributed by atoms with van der Waals surface area (Å²) in [6.07, 6.45) is 1.69. The van der Waals surface area contributed by atoms with Gasteiger partial charge in [-0.25, -0.2) is 0 Å². The van der Waals surface area contributed by atoms with E-state index in [1.807, 2.05) is 19.1 Å². The molecule has 5 heteroatoms. The van der Waals surface area contributed by atoms with E-state index in [0.29, 0.717) is 17.0 Å². The molecule has 0 bridgehead atoms. The molecule has 2 aromatic rings. The van der Waals surface area contributed by atoms with Crippen LogP contribution in [0.25, 0.3) is 0 Å². The SMILES string of the molecule is Cc1cccnc1COc1cc(N)ccc1C(N)=O. The summed E-state index contributed by atoms with van der Waals surface area (Å²) >= 11 is 0. The van der Waals surface area contributed by atoms with Crippen molar-refractivity contribution in [1.82, 2.24) is 4.98 Å². The van der Waals surface area contributed by atoms with Gasteiger partial charge in [0.1, 0.15) is 12.4 Å². The standard InChI is InChI=1S/C14H15N3O2/c1-9-3-2-6-17-12(9)8-19-13-7-10(15)4-5-11(13)14(16)18/h2-7H,8,15H2,1H3,(H2,16,18). The van der Waals surface area contributed by atoms with Gasteiger partial charge in [-0.1, -0.05) is 6.07 Å². The second-order valence-electron chi connectivity index (χ2n) is 4.18. The lowest BCUT2D eigenvalue weighted by molar-refractivity contribution is 0.0996. The number of ether oxygens (including phenoxy) is 1. The average molecular weight is 257 g/mol. The van der Waals surface area contributed by atoms with E-state index in [-0.39, 0.29) is 6.61 Å². The number of hydrogen-bond acceptors (Lipinski definition) is 4. The summed E-state index contributed by atoms with van der Waals surface area (Å²) in [6.45, 7) is 2.20. The molecule has 5 nitrogen and oxygen atoms in total. The number of anilines is 1. The van der Waals surface area contributed by atoms with E-state index in [4.69, 9.17) is 16.2 Å². The maximum Gasteiger partial charge on any atom is 0.252 e. The van der Waals surface area contributed by atoms with Crippen molar-refractivity contribution in [3.63, 3.8) is 0 Å². The van der Waals surface area contributed by atoms with Crippen molar-refractivity contribution in [3.05, 3.63) is 53.3 Å². The molecule has 98 valence electrons. The number of carbonyl (C=O) groups excluding carboxylic acids is 1. The summed E-state index contributed by atoms with van der Waals surface area (Å²) in [6, 6.07) is 8.55. The van der Waals surface area contributed by atoms with Crippen molar-refractivity contribution in [3.8, 4) is 5.75 Å². The number of nitrogens with two attached hydrogens (primary N) is 2. The molecule has 2 rings (SSSR count). The summed E-state index contributed by atoms with van der Waals surface area (Å²) in [5.41, 5.74) is 13.6. The number of aryl methyl sites for hydroxylation is 1. The van der Waals surface area contributed by atoms with Gasteiger partial charge < -0.3 is 16.2 Å². The van der Waals surface area contributed by atoms with Crippen molar-refractivity contribution in [2.24, 2.45) is 5.73 Å². The molecule has 0 radical (unpaired) electrons. The zero-order valence-corrected chi connectivity index (χ0v) is 10.6. The summed E-state index contributed by atoms with van der Waals surface area (Å²) in [5, 5.41) is 0. The molecule has 0 saturated heterocycles. The number of amides is 1. The maximum absolute atomic E-state index is 11.3. The van der Waals surface area contributed by atoms with Gasteiger partial charge in [-0.15, -0.1) is 0 Å². The lowest BCUT2D eigenvalue weighted by atomic mass is 10.1. The van der Waals surface area contributed by atoms with Crippen LogP contribution in [0.4, 0.5) is 5.69 Å². The summed E-state index contributed by atoms with van der Waals surface area (Å²) in [4.78, 5) is 15.5. The predicted molar refractivity (Wildman–Crippen MR) is 72.7 cm³/mol. The predicted octanol–water partition coefficient (Wildman–Crippen LogP) is 1.65. The lowest BCUT2D eigenvalue weighted by Crippen LogP contribution is -2.13. The second-order valence-corrected chi connectivity index (χ2v) is 4.18. The molecule has 1 amide bonds. The van der Waals surface area contributed by atoms with Crippen LogP contribution in [0.3, 0.4) is 0 Å². The first kappa shape index (κ1) is 12.9. The first-order valence-corrected chi connectivity index (χ1v) is 5.80. The van der Waals surface area contributed by atoms with E-state index in [2.05, 4.69) is 4.98 Å².